The van der Waals surface area contributed by atoms with Gasteiger partial charge in [-0.25, -0.2) is 4.79 Å². The maximum atomic E-state index is 12.0. The summed E-state index contributed by atoms with van der Waals surface area (Å²) in [6.07, 6.45) is 3.35. The third-order valence-electron chi connectivity index (χ3n) is 3.63. The van der Waals surface area contributed by atoms with Gasteiger partial charge in [-0.1, -0.05) is 35.9 Å². The Morgan fingerprint density at radius 1 is 1.09 bits per heavy atom. The number of para-hydroxylation sites is 1. The third kappa shape index (κ3) is 2.66. The highest BCUT2D eigenvalue weighted by molar-refractivity contribution is 6.05. The van der Waals surface area contributed by atoms with Crippen LogP contribution < -0.4 is 0 Å². The number of phenolic OH excluding ortho intramolecular Hbond substituents is 1. The van der Waals surface area contributed by atoms with Crippen LogP contribution in [0.15, 0.2) is 54.1 Å². The van der Waals surface area contributed by atoms with Crippen LogP contribution in [0.2, 0.25) is 0 Å². The van der Waals surface area contributed by atoms with E-state index in [0.29, 0.717) is 16.9 Å². The third-order valence-corrected chi connectivity index (χ3v) is 3.63. The summed E-state index contributed by atoms with van der Waals surface area (Å²) < 4.78 is 5.38. The van der Waals surface area contributed by atoms with Crippen molar-refractivity contribution < 1.29 is 14.6 Å². The van der Waals surface area contributed by atoms with Crippen LogP contribution in [0.3, 0.4) is 0 Å². The van der Waals surface area contributed by atoms with Crippen molar-refractivity contribution in [3.8, 4) is 5.75 Å². The van der Waals surface area contributed by atoms with Crippen molar-refractivity contribution in [1.29, 1.82) is 0 Å². The van der Waals surface area contributed by atoms with Crippen LogP contribution >= 0.6 is 0 Å². The number of hydrogen-bond acceptors (Lipinski definition) is 3. The maximum absolute atomic E-state index is 12.0. The number of carbonyl (C=O) groups is 1. The van der Waals surface area contributed by atoms with E-state index >= 15 is 0 Å². The van der Waals surface area contributed by atoms with Gasteiger partial charge >= 0.3 is 5.97 Å². The Bertz CT molecular complexity index is 813. The monoisotopic (exact) mass is 292 g/mol. The first kappa shape index (κ1) is 14.1. The highest BCUT2D eigenvalue weighted by atomic mass is 16.5. The molecule has 110 valence electrons. The highest BCUT2D eigenvalue weighted by Gasteiger charge is 2.23. The fourth-order valence-corrected chi connectivity index (χ4v) is 2.40. The van der Waals surface area contributed by atoms with Crippen LogP contribution in [-0.2, 0) is 9.53 Å². The summed E-state index contributed by atoms with van der Waals surface area (Å²) >= 11 is 0. The van der Waals surface area contributed by atoms with Crippen LogP contribution in [0.4, 0.5) is 0 Å². The molecule has 0 atom stereocenters. The van der Waals surface area contributed by atoms with Gasteiger partial charge in [0.2, 0.25) is 0 Å². The number of rotatable bonds is 2. The largest absolute Gasteiger partial charge is 0.507 e. The normalized spacial score (nSPS) is 15.8. The van der Waals surface area contributed by atoms with Crippen molar-refractivity contribution in [2.75, 3.05) is 0 Å². The zero-order valence-corrected chi connectivity index (χ0v) is 12.5. The van der Waals surface area contributed by atoms with E-state index in [1.165, 1.54) is 0 Å². The van der Waals surface area contributed by atoms with Gasteiger partial charge in [-0.3, -0.25) is 0 Å². The first-order valence-corrected chi connectivity index (χ1v) is 7.06. The molecule has 0 saturated heterocycles. The lowest BCUT2D eigenvalue weighted by atomic mass is 10.0. The second kappa shape index (κ2) is 5.53. The number of cyclic esters (lactones) is 1. The van der Waals surface area contributed by atoms with E-state index in [-0.39, 0.29) is 5.75 Å². The predicted molar refractivity (Wildman–Crippen MR) is 86.1 cm³/mol. The molecule has 0 bridgehead atoms. The standard InChI is InChI=1S/C19H16O3/c1-12-7-8-13(2)16(9-12)18-11-15(19(21)22-18)10-14-5-3-4-6-17(14)20/h3-11,20H,1-2H3/b15-10+. The number of benzene rings is 2. The van der Waals surface area contributed by atoms with Crippen LogP contribution in [0.1, 0.15) is 22.3 Å². The first-order valence-electron chi connectivity index (χ1n) is 7.06. The van der Waals surface area contributed by atoms with Crippen molar-refractivity contribution in [3.05, 3.63) is 76.4 Å². The number of ether oxygens (including phenoxy) is 1. The van der Waals surface area contributed by atoms with Crippen molar-refractivity contribution in [1.82, 2.24) is 0 Å². The molecule has 0 aliphatic carbocycles. The minimum absolute atomic E-state index is 0.136. The molecular weight excluding hydrogens is 276 g/mol. The summed E-state index contributed by atoms with van der Waals surface area (Å²) in [6.45, 7) is 3.98. The van der Waals surface area contributed by atoms with E-state index in [1.807, 2.05) is 38.1 Å². The number of hydrogen-bond donors (Lipinski definition) is 1. The number of carbonyl (C=O) groups excluding carboxylic acids is 1. The summed E-state index contributed by atoms with van der Waals surface area (Å²) in [5.41, 5.74) is 4.09. The summed E-state index contributed by atoms with van der Waals surface area (Å²) in [6, 6.07) is 12.9. The van der Waals surface area contributed by atoms with Gasteiger partial charge in [-0.2, -0.15) is 0 Å². The Morgan fingerprint density at radius 2 is 1.86 bits per heavy atom. The van der Waals surface area contributed by atoms with Gasteiger partial charge in [0.1, 0.15) is 11.5 Å². The van der Waals surface area contributed by atoms with Crippen molar-refractivity contribution in [3.63, 3.8) is 0 Å². The average Bonchev–Trinajstić information content (AvgIpc) is 2.85. The fraction of sp³-hybridized carbons (Fsp3) is 0.105. The molecule has 1 N–H and O–H groups in total. The molecule has 1 aliphatic rings. The van der Waals surface area contributed by atoms with Crippen molar-refractivity contribution >= 4 is 17.8 Å². The summed E-state index contributed by atoms with van der Waals surface area (Å²) in [5, 5.41) is 9.80. The molecule has 3 heteroatoms. The number of aryl methyl sites for hydroxylation is 2. The van der Waals surface area contributed by atoms with Crippen LogP contribution in [0.25, 0.3) is 11.8 Å². The van der Waals surface area contributed by atoms with E-state index in [9.17, 15) is 9.90 Å². The molecule has 22 heavy (non-hydrogen) atoms. The van der Waals surface area contributed by atoms with Gasteiger partial charge in [0.05, 0.1) is 5.57 Å². The van der Waals surface area contributed by atoms with E-state index < -0.39 is 5.97 Å². The zero-order valence-electron chi connectivity index (χ0n) is 12.5. The van der Waals surface area contributed by atoms with Gasteiger partial charge in [-0.05, 0) is 43.7 Å². The molecule has 0 aromatic heterocycles. The molecule has 2 aromatic carbocycles. The Labute approximate surface area is 129 Å². The summed E-state index contributed by atoms with van der Waals surface area (Å²) in [7, 11) is 0. The lowest BCUT2D eigenvalue weighted by molar-refractivity contribution is -0.130. The average molecular weight is 292 g/mol. The Morgan fingerprint density at radius 3 is 2.64 bits per heavy atom. The molecule has 0 radical (unpaired) electrons. The molecule has 0 unspecified atom stereocenters. The maximum Gasteiger partial charge on any atom is 0.343 e. The lowest BCUT2D eigenvalue weighted by Crippen LogP contribution is -1.98. The van der Waals surface area contributed by atoms with Gasteiger partial charge in [-0.15, -0.1) is 0 Å². The minimum Gasteiger partial charge on any atom is -0.507 e. The molecule has 0 fully saturated rings. The quantitative estimate of drug-likeness (QED) is 0.672. The van der Waals surface area contributed by atoms with Crippen molar-refractivity contribution in [2.24, 2.45) is 0 Å². The number of esters is 1. The summed E-state index contributed by atoms with van der Waals surface area (Å²) in [5.74, 6) is 0.281. The smallest absolute Gasteiger partial charge is 0.343 e. The molecule has 1 heterocycles. The molecular formula is C19H16O3. The SMILES string of the molecule is Cc1ccc(C)c(C2=C/C(=C\c3ccccc3O)C(=O)O2)c1. The molecule has 3 rings (SSSR count). The van der Waals surface area contributed by atoms with Crippen LogP contribution in [-0.4, -0.2) is 11.1 Å². The predicted octanol–water partition coefficient (Wildman–Crippen LogP) is 3.99. The Hall–Kier alpha value is -2.81. The molecule has 2 aromatic rings. The Balaban J connectivity index is 2.02. The van der Waals surface area contributed by atoms with E-state index in [4.69, 9.17) is 4.74 Å². The second-order valence-corrected chi connectivity index (χ2v) is 5.37. The van der Waals surface area contributed by atoms with Crippen molar-refractivity contribution in [2.45, 2.75) is 13.8 Å². The molecule has 0 saturated carbocycles. The highest BCUT2D eigenvalue weighted by Crippen LogP contribution is 2.31. The summed E-state index contributed by atoms with van der Waals surface area (Å²) in [4.78, 5) is 12.0. The molecule has 3 nitrogen and oxygen atoms in total. The van der Waals surface area contributed by atoms with Gasteiger partial charge in [0, 0.05) is 11.1 Å². The number of phenols is 1. The zero-order chi connectivity index (χ0) is 15.7. The number of aromatic hydroxyl groups is 1. The van der Waals surface area contributed by atoms with Crippen LogP contribution in [0, 0.1) is 13.8 Å². The molecule has 1 aliphatic heterocycles. The topological polar surface area (TPSA) is 46.5 Å². The van der Waals surface area contributed by atoms with E-state index in [0.717, 1.165) is 16.7 Å². The van der Waals surface area contributed by atoms with E-state index in [2.05, 4.69) is 0 Å². The Kier molecular flexibility index (Phi) is 3.55. The van der Waals surface area contributed by atoms with E-state index in [1.54, 1.807) is 30.4 Å². The van der Waals surface area contributed by atoms with Crippen LogP contribution in [0.5, 0.6) is 5.75 Å². The lowest BCUT2D eigenvalue weighted by Gasteiger charge is -2.06. The van der Waals surface area contributed by atoms with Gasteiger partial charge < -0.3 is 9.84 Å². The first-order chi connectivity index (χ1) is 10.5. The fourth-order valence-electron chi connectivity index (χ4n) is 2.40. The van der Waals surface area contributed by atoms with Gasteiger partial charge in [0.25, 0.3) is 0 Å². The molecule has 0 amide bonds. The van der Waals surface area contributed by atoms with Gasteiger partial charge in [0.15, 0.2) is 0 Å². The minimum atomic E-state index is -0.404. The molecule has 0 spiro atoms. The second-order valence-electron chi connectivity index (χ2n) is 5.37.